The lowest BCUT2D eigenvalue weighted by Crippen LogP contribution is -2.31. The molecule has 5 rings (SSSR count). The number of phenolic OH excluding ortho intramolecular Hbond substituents is 2. The molecule has 2 aliphatic rings. The summed E-state index contributed by atoms with van der Waals surface area (Å²) in [5, 5.41) is 21.8. The van der Waals surface area contributed by atoms with Gasteiger partial charge in [-0.2, -0.15) is 0 Å². The quantitative estimate of drug-likeness (QED) is 0.345. The second-order valence-electron chi connectivity index (χ2n) is 10.1. The van der Waals surface area contributed by atoms with Gasteiger partial charge in [-0.05, 0) is 65.7 Å². The molecule has 1 aromatic heterocycles. The van der Waals surface area contributed by atoms with Crippen LogP contribution in [0.1, 0.15) is 58.6 Å². The number of allylic oxidation sites excluding steroid dienone is 2. The molecule has 2 aromatic carbocycles. The topological polar surface area (TPSA) is 89.1 Å². The largest absolute Gasteiger partial charge is 0.507 e. The Labute approximate surface area is 197 Å². The Morgan fingerprint density at radius 2 is 1.71 bits per heavy atom. The molecule has 2 aliphatic heterocycles. The van der Waals surface area contributed by atoms with Crippen LogP contribution in [0.2, 0.25) is 0 Å². The molecule has 0 bridgehead atoms. The second kappa shape index (κ2) is 7.42. The average Bonchev–Trinajstić information content (AvgIpc) is 2.72. The highest BCUT2D eigenvalue weighted by Gasteiger charge is 2.32. The molecule has 1 unspecified atom stereocenters. The van der Waals surface area contributed by atoms with Crippen molar-refractivity contribution in [2.75, 3.05) is 0 Å². The highest BCUT2D eigenvalue weighted by Crippen LogP contribution is 2.45. The predicted molar refractivity (Wildman–Crippen MR) is 134 cm³/mol. The van der Waals surface area contributed by atoms with Crippen molar-refractivity contribution in [2.24, 2.45) is 0 Å². The van der Waals surface area contributed by atoms with E-state index in [2.05, 4.69) is 19.9 Å². The molecular formula is C28H28O6. The molecule has 0 saturated heterocycles. The summed E-state index contributed by atoms with van der Waals surface area (Å²) in [6, 6.07) is 2.86. The van der Waals surface area contributed by atoms with E-state index in [1.807, 2.05) is 39.0 Å². The van der Waals surface area contributed by atoms with Crippen LogP contribution in [0.4, 0.5) is 0 Å². The van der Waals surface area contributed by atoms with Gasteiger partial charge < -0.3 is 24.1 Å². The van der Waals surface area contributed by atoms with Crippen LogP contribution in [-0.2, 0) is 0 Å². The third-order valence-corrected chi connectivity index (χ3v) is 6.34. The molecule has 0 aliphatic carbocycles. The van der Waals surface area contributed by atoms with E-state index in [1.165, 1.54) is 17.7 Å². The fourth-order valence-corrected chi connectivity index (χ4v) is 4.57. The van der Waals surface area contributed by atoms with Gasteiger partial charge in [-0.25, -0.2) is 0 Å². The zero-order chi connectivity index (χ0) is 24.4. The van der Waals surface area contributed by atoms with Gasteiger partial charge in [0.05, 0.1) is 10.9 Å². The Balaban J connectivity index is 1.70. The SMILES string of the molecule is CC(C)=CCCC1(C)C=Cc2c(cc(O)c3c(=O)c4c5c(c(O)cc4oc23)OC(C)(C)C=C5)O1. The Morgan fingerprint density at radius 3 is 2.44 bits per heavy atom. The number of aromatic hydroxyl groups is 2. The van der Waals surface area contributed by atoms with Crippen molar-refractivity contribution >= 4 is 34.1 Å². The molecule has 0 saturated carbocycles. The maximum absolute atomic E-state index is 13.6. The van der Waals surface area contributed by atoms with Gasteiger partial charge in [0.15, 0.2) is 17.1 Å². The van der Waals surface area contributed by atoms with Crippen molar-refractivity contribution < 1.29 is 24.1 Å². The number of benzene rings is 2. The molecule has 0 fully saturated rings. The predicted octanol–water partition coefficient (Wildman–Crippen LogP) is 6.45. The Kier molecular flexibility index (Phi) is 4.83. The number of hydrogen-bond donors (Lipinski definition) is 2. The van der Waals surface area contributed by atoms with Crippen LogP contribution in [-0.4, -0.2) is 21.4 Å². The summed E-state index contributed by atoms with van der Waals surface area (Å²) in [4.78, 5) is 13.6. The minimum absolute atomic E-state index is 0.0683. The van der Waals surface area contributed by atoms with Crippen molar-refractivity contribution in [2.45, 2.75) is 58.7 Å². The van der Waals surface area contributed by atoms with Crippen molar-refractivity contribution in [3.63, 3.8) is 0 Å². The Hall–Kier alpha value is -3.67. The number of fused-ring (bicyclic) bond motifs is 6. The number of hydrogen-bond acceptors (Lipinski definition) is 6. The zero-order valence-corrected chi connectivity index (χ0v) is 20.0. The summed E-state index contributed by atoms with van der Waals surface area (Å²) >= 11 is 0. The summed E-state index contributed by atoms with van der Waals surface area (Å²) in [5.41, 5.74) is 1.10. The molecule has 2 N–H and O–H groups in total. The molecule has 176 valence electrons. The van der Waals surface area contributed by atoms with Gasteiger partial charge in [-0.1, -0.05) is 17.7 Å². The van der Waals surface area contributed by atoms with Gasteiger partial charge in [0, 0.05) is 17.7 Å². The van der Waals surface area contributed by atoms with Crippen LogP contribution >= 0.6 is 0 Å². The molecule has 0 amide bonds. The van der Waals surface area contributed by atoms with Crippen LogP contribution in [0.15, 0.2) is 45.1 Å². The highest BCUT2D eigenvalue weighted by atomic mass is 16.5. The van der Waals surface area contributed by atoms with Crippen LogP contribution in [0.5, 0.6) is 23.0 Å². The normalized spacial score (nSPS) is 19.9. The highest BCUT2D eigenvalue weighted by molar-refractivity contribution is 6.02. The van der Waals surface area contributed by atoms with Crippen LogP contribution in [0.25, 0.3) is 34.1 Å². The van der Waals surface area contributed by atoms with Gasteiger partial charge in [0.2, 0.25) is 5.43 Å². The number of phenols is 2. The molecule has 0 radical (unpaired) electrons. The monoisotopic (exact) mass is 460 g/mol. The van der Waals surface area contributed by atoms with E-state index in [0.29, 0.717) is 16.9 Å². The lowest BCUT2D eigenvalue weighted by molar-refractivity contribution is 0.128. The average molecular weight is 461 g/mol. The number of rotatable bonds is 3. The van der Waals surface area contributed by atoms with E-state index in [-0.39, 0.29) is 39.2 Å². The van der Waals surface area contributed by atoms with Crippen molar-refractivity contribution in [3.8, 4) is 23.0 Å². The van der Waals surface area contributed by atoms with E-state index in [1.54, 1.807) is 6.08 Å². The van der Waals surface area contributed by atoms with Gasteiger partial charge >= 0.3 is 0 Å². The van der Waals surface area contributed by atoms with E-state index in [9.17, 15) is 15.0 Å². The Bertz CT molecular complexity index is 1500. The number of ether oxygens (including phenoxy) is 2. The van der Waals surface area contributed by atoms with Gasteiger partial charge in [-0.15, -0.1) is 0 Å². The molecule has 1 atom stereocenters. The first kappa shape index (κ1) is 22.1. The fraction of sp³-hybridized carbons (Fsp3) is 0.321. The Morgan fingerprint density at radius 1 is 0.971 bits per heavy atom. The lowest BCUT2D eigenvalue weighted by atomic mass is 9.93. The van der Waals surface area contributed by atoms with Gasteiger partial charge in [-0.3, -0.25) is 4.79 Å². The first-order valence-electron chi connectivity index (χ1n) is 11.4. The van der Waals surface area contributed by atoms with E-state index in [4.69, 9.17) is 13.9 Å². The minimum Gasteiger partial charge on any atom is -0.507 e. The van der Waals surface area contributed by atoms with E-state index >= 15 is 0 Å². The van der Waals surface area contributed by atoms with Crippen molar-refractivity contribution in [3.05, 3.63) is 57.3 Å². The molecule has 3 heterocycles. The van der Waals surface area contributed by atoms with Crippen molar-refractivity contribution in [1.29, 1.82) is 0 Å². The maximum Gasteiger partial charge on any atom is 0.205 e. The fourth-order valence-electron chi connectivity index (χ4n) is 4.57. The smallest absolute Gasteiger partial charge is 0.205 e. The van der Waals surface area contributed by atoms with Crippen LogP contribution < -0.4 is 14.9 Å². The van der Waals surface area contributed by atoms with E-state index in [0.717, 1.165) is 12.8 Å². The third kappa shape index (κ3) is 3.54. The van der Waals surface area contributed by atoms with Gasteiger partial charge in [0.25, 0.3) is 0 Å². The molecule has 6 heteroatoms. The summed E-state index contributed by atoms with van der Waals surface area (Å²) in [6.07, 6.45) is 11.2. The summed E-state index contributed by atoms with van der Waals surface area (Å²) in [6.45, 7) is 9.82. The first-order valence-corrected chi connectivity index (χ1v) is 11.4. The summed E-state index contributed by atoms with van der Waals surface area (Å²) < 4.78 is 18.3. The lowest BCUT2D eigenvalue weighted by Gasteiger charge is -2.32. The first-order chi connectivity index (χ1) is 16.0. The molecule has 3 aromatic rings. The van der Waals surface area contributed by atoms with E-state index < -0.39 is 16.6 Å². The standard InChI is InChI=1S/C28H28O6/c1-15(2)7-6-10-28(5)12-9-16-20(33-28)13-18(29)23-24(31)22-17-8-11-27(3,4)34-25(17)19(30)14-21(22)32-26(16)23/h7-9,11-14,29-30H,6,10H2,1-5H3. The molecule has 0 spiro atoms. The maximum atomic E-state index is 13.6. The van der Waals surface area contributed by atoms with Crippen LogP contribution in [0.3, 0.4) is 0 Å². The summed E-state index contributed by atoms with van der Waals surface area (Å²) in [5.74, 6) is 0.339. The van der Waals surface area contributed by atoms with Crippen LogP contribution in [0, 0.1) is 0 Å². The molecular weight excluding hydrogens is 432 g/mol. The minimum atomic E-state index is -0.628. The van der Waals surface area contributed by atoms with Crippen molar-refractivity contribution in [1.82, 2.24) is 0 Å². The van der Waals surface area contributed by atoms with Gasteiger partial charge in [0.1, 0.15) is 33.7 Å². The second-order valence-corrected chi connectivity index (χ2v) is 10.1. The molecule has 6 nitrogen and oxygen atoms in total. The zero-order valence-electron chi connectivity index (χ0n) is 20.0. The molecule has 34 heavy (non-hydrogen) atoms. The summed E-state index contributed by atoms with van der Waals surface area (Å²) in [7, 11) is 0. The third-order valence-electron chi connectivity index (χ3n) is 6.34.